The number of benzene rings is 2. The molecule has 0 radical (unpaired) electrons. The Labute approximate surface area is 220 Å². The molecule has 0 aromatic heterocycles. The largest absolute Gasteiger partial charge is 0.459 e. The Hall–Kier alpha value is -2.96. The molecule has 3 rings (SSSR count). The first-order valence-corrected chi connectivity index (χ1v) is 12.0. The van der Waals surface area contributed by atoms with E-state index in [1.807, 2.05) is 20.8 Å². The fraction of sp³-hybridized carbons (Fsp3) is 0.417. The monoisotopic (exact) mass is 589 g/mol. The highest BCUT2D eigenvalue weighted by molar-refractivity contribution is 7.95. The number of carbonyl (C=O) groups excluding carboxylic acids is 2. The van der Waals surface area contributed by atoms with Crippen molar-refractivity contribution in [1.82, 2.24) is 5.06 Å². The molecule has 2 aromatic rings. The minimum absolute atomic E-state index is 0.0481. The maximum atomic E-state index is 14.1. The van der Waals surface area contributed by atoms with Crippen molar-refractivity contribution in [1.29, 1.82) is 0 Å². The molecule has 0 saturated carbocycles. The van der Waals surface area contributed by atoms with Crippen molar-refractivity contribution in [2.24, 2.45) is 0 Å². The first-order valence-electron chi connectivity index (χ1n) is 11.2. The second-order valence-electron chi connectivity index (χ2n) is 7.62. The summed E-state index contributed by atoms with van der Waals surface area (Å²) in [5.41, 5.74) is -0.187. The molecule has 2 amide bonds. The zero-order chi connectivity index (χ0) is 29.8. The van der Waals surface area contributed by atoms with Crippen molar-refractivity contribution in [2.75, 3.05) is 0 Å². The lowest BCUT2D eigenvalue weighted by Crippen LogP contribution is -2.63. The van der Waals surface area contributed by atoms with Gasteiger partial charge in [-0.1, -0.05) is 51.2 Å². The van der Waals surface area contributed by atoms with Gasteiger partial charge in [-0.05, 0) is 34.5 Å². The molecule has 1 atom stereocenters. The second kappa shape index (κ2) is 12.1. The zero-order valence-corrected chi connectivity index (χ0v) is 21.2. The van der Waals surface area contributed by atoms with Gasteiger partial charge in [-0.2, -0.15) is 39.4 Å². The summed E-state index contributed by atoms with van der Waals surface area (Å²) in [6.07, 6.45) is -4.73. The molecule has 0 bridgehead atoms. The predicted molar refractivity (Wildman–Crippen MR) is 123 cm³/mol. The Balaban J connectivity index is 0.00000260. The molecule has 5 nitrogen and oxygen atoms in total. The van der Waals surface area contributed by atoms with Gasteiger partial charge in [0.1, 0.15) is 12.0 Å². The molecule has 1 aliphatic rings. The van der Waals surface area contributed by atoms with Crippen molar-refractivity contribution >= 4 is 34.6 Å². The molecule has 0 fully saturated rings. The predicted octanol–water partition coefficient (Wildman–Crippen LogP) is 7.94. The number of rotatable bonds is 8. The number of hydroxylamine groups is 2. The van der Waals surface area contributed by atoms with Gasteiger partial charge in [0.05, 0.1) is 11.1 Å². The standard InChI is InChI=1S/C22H14F9NO4S.C2H6/c1-2-3-4-5-7-12-10-11-15-16-13(12)8-6-9-14(16)17(33)32(18(15)34)36-37-22(29,30)20(25,35-31)19(23,24)21(26,27)28;1-2/h6,8-11H,2-4H2,1H3;1-2H3. The van der Waals surface area contributed by atoms with E-state index in [4.69, 9.17) is 0 Å². The van der Waals surface area contributed by atoms with Crippen LogP contribution in [-0.4, -0.2) is 40.1 Å². The summed E-state index contributed by atoms with van der Waals surface area (Å²) in [6.45, 7) is 5.96. The average molecular weight is 589 g/mol. The van der Waals surface area contributed by atoms with Gasteiger partial charge >= 0.3 is 23.2 Å². The number of imide groups is 1. The number of carbonyl (C=O) groups is 2. The van der Waals surface area contributed by atoms with E-state index in [-0.39, 0.29) is 16.5 Å². The third-order valence-electron chi connectivity index (χ3n) is 5.21. The smallest absolute Gasteiger partial charge is 0.266 e. The molecular weight excluding hydrogens is 569 g/mol. The number of amides is 2. The van der Waals surface area contributed by atoms with Crippen LogP contribution < -0.4 is 0 Å². The van der Waals surface area contributed by atoms with Crippen LogP contribution in [0.15, 0.2) is 30.3 Å². The van der Waals surface area contributed by atoms with Crippen molar-refractivity contribution < 1.29 is 58.5 Å². The molecule has 2 aromatic carbocycles. The topological polar surface area (TPSA) is 55.8 Å². The first kappa shape index (κ1) is 32.3. The quantitative estimate of drug-likeness (QED) is 0.103. The van der Waals surface area contributed by atoms with Crippen molar-refractivity contribution in [2.45, 2.75) is 63.2 Å². The van der Waals surface area contributed by atoms with Crippen LogP contribution in [0.25, 0.3) is 10.8 Å². The Bertz CT molecular complexity index is 1270. The van der Waals surface area contributed by atoms with E-state index < -0.39 is 52.1 Å². The van der Waals surface area contributed by atoms with Gasteiger partial charge in [0.25, 0.3) is 11.8 Å². The zero-order valence-electron chi connectivity index (χ0n) is 20.4. The van der Waals surface area contributed by atoms with Gasteiger partial charge in [-0.15, -0.1) is 10.0 Å². The molecule has 214 valence electrons. The summed E-state index contributed by atoms with van der Waals surface area (Å²) in [4.78, 5) is 27.3. The summed E-state index contributed by atoms with van der Waals surface area (Å²) in [7, 11) is 0. The summed E-state index contributed by atoms with van der Waals surface area (Å²) in [6, 6.07) is 6.55. The lowest BCUT2D eigenvalue weighted by molar-refractivity contribution is -0.458. The number of hydrogen-bond donors (Lipinski definition) is 0. The van der Waals surface area contributed by atoms with E-state index in [1.54, 1.807) is 4.94 Å². The van der Waals surface area contributed by atoms with Gasteiger partial charge in [-0.25, -0.2) is 0 Å². The van der Waals surface area contributed by atoms with Crippen LogP contribution in [0.4, 0.5) is 39.6 Å². The number of halogens is 9. The fourth-order valence-corrected chi connectivity index (χ4v) is 3.84. The highest BCUT2D eigenvalue weighted by Crippen LogP contribution is 2.57. The summed E-state index contributed by atoms with van der Waals surface area (Å²) < 4.78 is 123. The molecular formula is C24H20F9NO4S. The van der Waals surface area contributed by atoms with Gasteiger partial charge in [0.15, 0.2) is 0 Å². The minimum atomic E-state index is -7.07. The number of unbranched alkanes of at least 4 members (excludes halogenated alkanes) is 2. The molecule has 0 aliphatic carbocycles. The summed E-state index contributed by atoms with van der Waals surface area (Å²) in [5, 5.41) is -6.17. The Morgan fingerprint density at radius 3 is 2.05 bits per heavy atom. The minimum Gasteiger partial charge on any atom is -0.266 e. The Morgan fingerprint density at radius 2 is 1.51 bits per heavy atom. The molecule has 15 heteroatoms. The van der Waals surface area contributed by atoms with Crippen LogP contribution in [0.3, 0.4) is 0 Å². The van der Waals surface area contributed by atoms with Crippen LogP contribution >= 0.6 is 12.0 Å². The molecule has 0 N–H and O–H groups in total. The maximum absolute atomic E-state index is 14.1. The third-order valence-corrected chi connectivity index (χ3v) is 5.90. The number of hydrogen-bond acceptors (Lipinski definition) is 5. The van der Waals surface area contributed by atoms with Crippen LogP contribution in [0.1, 0.15) is 66.3 Å². The second-order valence-corrected chi connectivity index (χ2v) is 8.45. The molecule has 1 aliphatic heterocycles. The van der Waals surface area contributed by atoms with Crippen LogP contribution in [0.5, 0.6) is 0 Å². The summed E-state index contributed by atoms with van der Waals surface area (Å²) in [5.74, 6) is -10.8. The van der Waals surface area contributed by atoms with Crippen LogP contribution in [0.2, 0.25) is 0 Å². The Morgan fingerprint density at radius 1 is 0.923 bits per heavy atom. The first-order chi connectivity index (χ1) is 18.1. The highest BCUT2D eigenvalue weighted by atomic mass is 32.2. The lowest BCUT2D eigenvalue weighted by atomic mass is 9.92. The highest BCUT2D eigenvalue weighted by Gasteiger charge is 2.84. The molecule has 0 saturated heterocycles. The van der Waals surface area contributed by atoms with E-state index >= 15 is 0 Å². The van der Waals surface area contributed by atoms with Gasteiger partial charge in [-0.3, -0.25) is 9.59 Å². The molecule has 0 spiro atoms. The lowest BCUT2D eigenvalue weighted by Gasteiger charge is -2.35. The summed E-state index contributed by atoms with van der Waals surface area (Å²) >= 11 is -1.84. The molecule has 1 unspecified atom stereocenters. The third kappa shape index (κ3) is 5.68. The SMILES string of the molecule is CC.CCCCC#Cc1ccc2c3c(cccc13)C(=O)N(OSC(F)(F)C(F)(OF)C(F)(F)C(F)(F)F)C2=O. The molecule has 39 heavy (non-hydrogen) atoms. The maximum Gasteiger partial charge on any atom is 0.459 e. The van der Waals surface area contributed by atoms with Crippen molar-refractivity contribution in [3.8, 4) is 11.8 Å². The van der Waals surface area contributed by atoms with Crippen LogP contribution in [0, 0.1) is 11.8 Å². The molecule has 1 heterocycles. The van der Waals surface area contributed by atoms with E-state index in [1.165, 1.54) is 18.2 Å². The van der Waals surface area contributed by atoms with E-state index in [0.29, 0.717) is 17.4 Å². The van der Waals surface area contributed by atoms with E-state index in [0.717, 1.165) is 25.0 Å². The average Bonchev–Trinajstić information content (AvgIpc) is 2.89. The normalized spacial score (nSPS) is 15.3. The van der Waals surface area contributed by atoms with Gasteiger partial charge in [0.2, 0.25) is 0 Å². The van der Waals surface area contributed by atoms with Gasteiger partial charge in [0, 0.05) is 17.4 Å². The number of alkyl halides is 8. The van der Waals surface area contributed by atoms with E-state index in [9.17, 15) is 49.2 Å². The number of nitrogens with zero attached hydrogens (tertiary/aromatic N) is 1. The van der Waals surface area contributed by atoms with E-state index in [2.05, 4.69) is 16.1 Å². The van der Waals surface area contributed by atoms with Crippen molar-refractivity contribution in [3.63, 3.8) is 0 Å². The fourth-order valence-electron chi connectivity index (χ4n) is 3.27. The Kier molecular flexibility index (Phi) is 9.97. The van der Waals surface area contributed by atoms with Gasteiger partial charge < -0.3 is 0 Å². The van der Waals surface area contributed by atoms with Crippen LogP contribution in [-0.2, 0) is 9.23 Å². The van der Waals surface area contributed by atoms with Crippen molar-refractivity contribution in [3.05, 3.63) is 47.0 Å².